The molecule has 19 heavy (non-hydrogen) atoms. The van der Waals surface area contributed by atoms with Gasteiger partial charge < -0.3 is 15.2 Å². The fraction of sp³-hybridized carbons (Fsp3) is 0.333. The zero-order chi connectivity index (χ0) is 14.1. The minimum Gasteiger partial charge on any atom is -0.497 e. The molecule has 0 aromatic heterocycles. The van der Waals surface area contributed by atoms with E-state index >= 15 is 0 Å². The summed E-state index contributed by atoms with van der Waals surface area (Å²) >= 11 is 0. The lowest BCUT2D eigenvalue weighted by Gasteiger charge is -2.07. The quantitative estimate of drug-likeness (QED) is 0.628. The van der Waals surface area contributed by atoms with E-state index in [-0.39, 0.29) is 0 Å². The van der Waals surface area contributed by atoms with Gasteiger partial charge in [-0.2, -0.15) is 0 Å². The number of carboxylic acids is 1. The molecule has 0 unspecified atom stereocenters. The number of hydrogen-bond acceptors (Lipinski definition) is 4. The summed E-state index contributed by atoms with van der Waals surface area (Å²) in [6.07, 6.45) is 0.629. The Morgan fingerprint density at radius 1 is 1.37 bits per heavy atom. The molecule has 0 aliphatic rings. The molecule has 7 nitrogen and oxygen atoms in total. The van der Waals surface area contributed by atoms with Gasteiger partial charge in [0.2, 0.25) is 0 Å². The number of methoxy groups -OCH3 is 1. The molecule has 104 valence electrons. The van der Waals surface area contributed by atoms with Crippen LogP contribution in [0.4, 0.5) is 4.79 Å². The second-order valence-corrected chi connectivity index (χ2v) is 3.64. The lowest BCUT2D eigenvalue weighted by molar-refractivity contribution is -0.144. The van der Waals surface area contributed by atoms with E-state index in [1.54, 1.807) is 7.11 Å². The maximum Gasteiger partial charge on any atom is 0.338 e. The van der Waals surface area contributed by atoms with Crippen LogP contribution in [0.3, 0.4) is 0 Å². The van der Waals surface area contributed by atoms with Crippen LogP contribution in [-0.2, 0) is 16.1 Å². The van der Waals surface area contributed by atoms with E-state index in [9.17, 15) is 9.59 Å². The lowest BCUT2D eigenvalue weighted by Crippen LogP contribution is -2.37. The Labute approximate surface area is 110 Å². The number of nitrogens with one attached hydrogen (secondary N) is 2. The molecule has 3 N–H and O–H groups in total. The van der Waals surface area contributed by atoms with E-state index in [1.807, 2.05) is 29.7 Å². The van der Waals surface area contributed by atoms with Crippen molar-refractivity contribution < 1.29 is 24.3 Å². The van der Waals surface area contributed by atoms with Gasteiger partial charge in [0.05, 0.1) is 7.11 Å². The molecule has 1 rings (SSSR count). The third-order valence-corrected chi connectivity index (χ3v) is 2.19. The SMILES string of the molecule is COc1cccc(CCNC(=O)NOCC(=O)O)c1. The van der Waals surface area contributed by atoms with Gasteiger partial charge in [-0.25, -0.2) is 15.1 Å². The summed E-state index contributed by atoms with van der Waals surface area (Å²) in [7, 11) is 1.59. The van der Waals surface area contributed by atoms with Crippen molar-refractivity contribution in [2.45, 2.75) is 6.42 Å². The number of hydroxylamine groups is 1. The van der Waals surface area contributed by atoms with Crippen molar-refractivity contribution in [3.8, 4) is 5.75 Å². The van der Waals surface area contributed by atoms with Gasteiger partial charge in [-0.1, -0.05) is 12.1 Å². The molecule has 0 atom stereocenters. The van der Waals surface area contributed by atoms with E-state index in [4.69, 9.17) is 9.84 Å². The van der Waals surface area contributed by atoms with Gasteiger partial charge in [0.15, 0.2) is 6.61 Å². The first kappa shape index (κ1) is 14.8. The number of carboxylic acid groups (broad SMARTS) is 1. The number of carbonyl (C=O) groups is 2. The van der Waals surface area contributed by atoms with Crippen LogP contribution in [0.5, 0.6) is 5.75 Å². The third kappa shape index (κ3) is 6.27. The largest absolute Gasteiger partial charge is 0.497 e. The average Bonchev–Trinajstić information content (AvgIpc) is 2.38. The Bertz CT molecular complexity index is 436. The molecular formula is C12H16N2O5. The zero-order valence-electron chi connectivity index (χ0n) is 10.5. The van der Waals surface area contributed by atoms with Crippen molar-refractivity contribution in [3.05, 3.63) is 29.8 Å². The minimum absolute atomic E-state index is 0.398. The van der Waals surface area contributed by atoms with Crippen molar-refractivity contribution in [1.29, 1.82) is 0 Å². The summed E-state index contributed by atoms with van der Waals surface area (Å²) in [4.78, 5) is 25.7. The van der Waals surface area contributed by atoms with Crippen LogP contribution in [0, 0.1) is 0 Å². The van der Waals surface area contributed by atoms with E-state index in [2.05, 4.69) is 10.2 Å². The molecule has 0 aliphatic heterocycles. The molecule has 0 saturated heterocycles. The molecule has 0 saturated carbocycles. The fourth-order valence-electron chi connectivity index (χ4n) is 1.35. The predicted octanol–water partition coefficient (Wildman–Crippen LogP) is 0.553. The van der Waals surface area contributed by atoms with Crippen LogP contribution in [-0.4, -0.2) is 37.4 Å². The van der Waals surface area contributed by atoms with E-state index in [0.29, 0.717) is 13.0 Å². The number of amides is 2. The van der Waals surface area contributed by atoms with Crippen molar-refractivity contribution in [3.63, 3.8) is 0 Å². The second-order valence-electron chi connectivity index (χ2n) is 3.64. The highest BCUT2D eigenvalue weighted by Gasteiger charge is 2.02. The average molecular weight is 268 g/mol. The van der Waals surface area contributed by atoms with Gasteiger partial charge in [-0.05, 0) is 24.1 Å². The van der Waals surface area contributed by atoms with Crippen molar-refractivity contribution in [1.82, 2.24) is 10.8 Å². The Morgan fingerprint density at radius 2 is 2.16 bits per heavy atom. The summed E-state index contributed by atoms with van der Waals surface area (Å²) in [5.74, 6) is -0.400. The first-order valence-electron chi connectivity index (χ1n) is 5.62. The molecule has 0 heterocycles. The van der Waals surface area contributed by atoms with Crippen molar-refractivity contribution in [2.24, 2.45) is 0 Å². The molecule has 0 spiro atoms. The van der Waals surface area contributed by atoms with Crippen LogP contribution in [0.15, 0.2) is 24.3 Å². The number of benzene rings is 1. The maximum absolute atomic E-state index is 11.2. The monoisotopic (exact) mass is 268 g/mol. The number of hydrogen-bond donors (Lipinski definition) is 3. The Hall–Kier alpha value is -2.28. The van der Waals surface area contributed by atoms with E-state index in [1.165, 1.54) is 0 Å². The van der Waals surface area contributed by atoms with Crippen molar-refractivity contribution >= 4 is 12.0 Å². The number of rotatable bonds is 7. The van der Waals surface area contributed by atoms with Crippen LogP contribution in [0.2, 0.25) is 0 Å². The maximum atomic E-state index is 11.2. The van der Waals surface area contributed by atoms with Gasteiger partial charge in [0.1, 0.15) is 5.75 Å². The van der Waals surface area contributed by atoms with Gasteiger partial charge >= 0.3 is 12.0 Å². The first-order chi connectivity index (χ1) is 9.11. The molecule has 0 bridgehead atoms. The highest BCUT2D eigenvalue weighted by atomic mass is 16.7. The van der Waals surface area contributed by atoms with Gasteiger partial charge in [0.25, 0.3) is 0 Å². The third-order valence-electron chi connectivity index (χ3n) is 2.19. The van der Waals surface area contributed by atoms with Crippen LogP contribution in [0.25, 0.3) is 0 Å². The van der Waals surface area contributed by atoms with Crippen molar-refractivity contribution in [2.75, 3.05) is 20.3 Å². The van der Waals surface area contributed by atoms with E-state index < -0.39 is 18.6 Å². The van der Waals surface area contributed by atoms with Crippen LogP contribution >= 0.6 is 0 Å². The molecule has 7 heteroatoms. The summed E-state index contributed by atoms with van der Waals surface area (Å²) in [5.41, 5.74) is 2.99. The van der Waals surface area contributed by atoms with Gasteiger partial charge in [0, 0.05) is 6.54 Å². The molecule has 1 aromatic carbocycles. The number of ether oxygens (including phenoxy) is 1. The summed E-state index contributed by atoms with van der Waals surface area (Å²) in [5, 5.41) is 10.8. The number of carbonyl (C=O) groups excluding carboxylic acids is 1. The molecular weight excluding hydrogens is 252 g/mol. The summed E-state index contributed by atoms with van der Waals surface area (Å²) in [6, 6.07) is 6.92. The Balaban J connectivity index is 2.22. The lowest BCUT2D eigenvalue weighted by atomic mass is 10.1. The molecule has 1 aromatic rings. The zero-order valence-corrected chi connectivity index (χ0v) is 10.5. The highest BCUT2D eigenvalue weighted by Crippen LogP contribution is 2.12. The summed E-state index contributed by atoms with van der Waals surface area (Å²) < 4.78 is 5.08. The smallest absolute Gasteiger partial charge is 0.338 e. The molecule has 0 radical (unpaired) electrons. The minimum atomic E-state index is -1.16. The Kier molecular flexibility index (Phi) is 6.17. The molecule has 0 fully saturated rings. The first-order valence-corrected chi connectivity index (χ1v) is 5.62. The number of aliphatic carboxylic acids is 1. The molecule has 0 aliphatic carbocycles. The predicted molar refractivity (Wildman–Crippen MR) is 66.8 cm³/mol. The second kappa shape index (κ2) is 7.93. The van der Waals surface area contributed by atoms with Crippen LogP contribution in [0.1, 0.15) is 5.56 Å². The normalized spacial score (nSPS) is 9.74. The fourth-order valence-corrected chi connectivity index (χ4v) is 1.35. The Morgan fingerprint density at radius 3 is 2.84 bits per heavy atom. The van der Waals surface area contributed by atoms with Crippen LogP contribution < -0.4 is 15.5 Å². The van der Waals surface area contributed by atoms with E-state index in [0.717, 1.165) is 11.3 Å². The number of urea groups is 1. The highest BCUT2D eigenvalue weighted by molar-refractivity contribution is 5.73. The molecule has 2 amide bonds. The van der Waals surface area contributed by atoms with Gasteiger partial charge in [-0.3, -0.25) is 4.84 Å². The van der Waals surface area contributed by atoms with Gasteiger partial charge in [-0.15, -0.1) is 0 Å². The topological polar surface area (TPSA) is 96.9 Å². The summed E-state index contributed by atoms with van der Waals surface area (Å²) in [6.45, 7) is -0.182. The standard InChI is InChI=1S/C12H16N2O5/c1-18-10-4-2-3-9(7-10)5-6-13-12(17)14-19-8-11(15)16/h2-4,7H,5-6,8H2,1H3,(H,15,16)(H2,13,14,17).